The first kappa shape index (κ1) is 14.9. The lowest BCUT2D eigenvalue weighted by atomic mass is 9.93. The Morgan fingerprint density at radius 3 is 3.08 bits per heavy atom. The molecule has 2 aromatic heterocycles. The molecule has 5 heteroatoms. The number of piperidine rings is 1. The summed E-state index contributed by atoms with van der Waals surface area (Å²) >= 11 is 0. The number of carbonyl (C=O) groups is 1. The molecule has 0 radical (unpaired) electrons. The van der Waals surface area contributed by atoms with Gasteiger partial charge in [-0.1, -0.05) is 18.2 Å². The van der Waals surface area contributed by atoms with Gasteiger partial charge in [-0.3, -0.25) is 14.9 Å². The minimum Gasteiger partial charge on any atom is -0.338 e. The molecule has 1 amide bonds. The molecule has 3 heterocycles. The maximum absolute atomic E-state index is 12.9. The van der Waals surface area contributed by atoms with Crippen LogP contribution in [-0.4, -0.2) is 39.1 Å². The SMILES string of the molecule is O=C(c1cnc2ccccc2c1)N1CCC[C@@H](Cc2ccn[nH]2)C1. The molecule has 0 aliphatic carbocycles. The van der Waals surface area contributed by atoms with E-state index in [2.05, 4.69) is 15.2 Å². The third kappa shape index (κ3) is 3.02. The fraction of sp³-hybridized carbons (Fsp3) is 0.316. The summed E-state index contributed by atoms with van der Waals surface area (Å²) in [5.74, 6) is 0.569. The molecule has 3 aromatic rings. The van der Waals surface area contributed by atoms with Crippen LogP contribution in [0.5, 0.6) is 0 Å². The first-order chi connectivity index (χ1) is 11.8. The average Bonchev–Trinajstić information content (AvgIpc) is 3.14. The highest BCUT2D eigenvalue weighted by Crippen LogP contribution is 2.22. The smallest absolute Gasteiger partial charge is 0.255 e. The van der Waals surface area contributed by atoms with Crippen molar-refractivity contribution < 1.29 is 4.79 Å². The lowest BCUT2D eigenvalue weighted by Gasteiger charge is -2.32. The number of hydrogen-bond donors (Lipinski definition) is 1. The van der Waals surface area contributed by atoms with Crippen LogP contribution in [0.2, 0.25) is 0 Å². The van der Waals surface area contributed by atoms with E-state index >= 15 is 0 Å². The van der Waals surface area contributed by atoms with Crippen molar-refractivity contribution in [3.63, 3.8) is 0 Å². The number of hydrogen-bond acceptors (Lipinski definition) is 3. The largest absolute Gasteiger partial charge is 0.338 e. The minimum absolute atomic E-state index is 0.0857. The van der Waals surface area contributed by atoms with Crippen LogP contribution in [-0.2, 0) is 6.42 Å². The summed E-state index contributed by atoms with van der Waals surface area (Å²) in [6, 6.07) is 11.8. The van der Waals surface area contributed by atoms with Gasteiger partial charge in [0.1, 0.15) is 0 Å². The number of amides is 1. The maximum Gasteiger partial charge on any atom is 0.255 e. The molecule has 1 saturated heterocycles. The van der Waals surface area contributed by atoms with Crippen molar-refractivity contribution in [1.82, 2.24) is 20.1 Å². The monoisotopic (exact) mass is 320 g/mol. The predicted octanol–water partition coefficient (Wildman–Crippen LogP) is 3.05. The van der Waals surface area contributed by atoms with E-state index in [1.165, 1.54) is 0 Å². The fourth-order valence-corrected chi connectivity index (χ4v) is 3.50. The van der Waals surface area contributed by atoms with Gasteiger partial charge in [0, 0.05) is 36.6 Å². The summed E-state index contributed by atoms with van der Waals surface area (Å²) in [7, 11) is 0. The van der Waals surface area contributed by atoms with Crippen LogP contribution in [0.25, 0.3) is 10.9 Å². The van der Waals surface area contributed by atoms with Crippen LogP contribution < -0.4 is 0 Å². The Kier molecular flexibility index (Phi) is 3.99. The number of H-pyrrole nitrogens is 1. The zero-order valence-corrected chi connectivity index (χ0v) is 13.5. The molecule has 122 valence electrons. The second-order valence-corrected chi connectivity index (χ2v) is 6.46. The summed E-state index contributed by atoms with van der Waals surface area (Å²) < 4.78 is 0. The normalized spacial score (nSPS) is 18.0. The number of para-hydroxylation sites is 1. The van der Waals surface area contributed by atoms with Crippen molar-refractivity contribution in [3.8, 4) is 0 Å². The number of nitrogens with one attached hydrogen (secondary N) is 1. The fourth-order valence-electron chi connectivity index (χ4n) is 3.50. The highest BCUT2D eigenvalue weighted by molar-refractivity contribution is 5.97. The van der Waals surface area contributed by atoms with Crippen LogP contribution in [0.1, 0.15) is 28.9 Å². The van der Waals surface area contributed by atoms with E-state index in [0.717, 1.165) is 48.9 Å². The zero-order chi connectivity index (χ0) is 16.4. The van der Waals surface area contributed by atoms with Gasteiger partial charge < -0.3 is 4.90 Å². The Bertz CT molecular complexity index is 843. The van der Waals surface area contributed by atoms with Gasteiger partial charge in [0.15, 0.2) is 0 Å². The van der Waals surface area contributed by atoms with Crippen molar-refractivity contribution in [1.29, 1.82) is 0 Å². The van der Waals surface area contributed by atoms with Crippen molar-refractivity contribution in [3.05, 3.63) is 60.0 Å². The molecule has 0 unspecified atom stereocenters. The number of benzene rings is 1. The van der Waals surface area contributed by atoms with E-state index in [-0.39, 0.29) is 5.91 Å². The molecule has 0 spiro atoms. The van der Waals surface area contributed by atoms with E-state index in [0.29, 0.717) is 11.5 Å². The van der Waals surface area contributed by atoms with Gasteiger partial charge in [0.05, 0.1) is 11.1 Å². The third-order valence-corrected chi connectivity index (χ3v) is 4.71. The van der Waals surface area contributed by atoms with Crippen LogP contribution in [0.3, 0.4) is 0 Å². The summed E-state index contributed by atoms with van der Waals surface area (Å²) in [4.78, 5) is 19.2. The second kappa shape index (κ2) is 6.43. The van der Waals surface area contributed by atoms with Gasteiger partial charge in [-0.25, -0.2) is 0 Å². The van der Waals surface area contributed by atoms with Gasteiger partial charge in [-0.15, -0.1) is 0 Å². The highest BCUT2D eigenvalue weighted by Gasteiger charge is 2.25. The topological polar surface area (TPSA) is 61.9 Å². The number of rotatable bonds is 3. The first-order valence-electron chi connectivity index (χ1n) is 8.42. The van der Waals surface area contributed by atoms with Gasteiger partial charge in [-0.2, -0.15) is 5.10 Å². The number of likely N-dealkylation sites (tertiary alicyclic amines) is 1. The van der Waals surface area contributed by atoms with E-state index < -0.39 is 0 Å². The minimum atomic E-state index is 0.0857. The van der Waals surface area contributed by atoms with Crippen LogP contribution in [0, 0.1) is 5.92 Å². The Morgan fingerprint density at radius 1 is 1.29 bits per heavy atom. The summed E-state index contributed by atoms with van der Waals surface area (Å²) in [6.45, 7) is 1.62. The Hall–Kier alpha value is -2.69. The molecule has 24 heavy (non-hydrogen) atoms. The van der Waals surface area contributed by atoms with Crippen LogP contribution in [0.4, 0.5) is 0 Å². The van der Waals surface area contributed by atoms with E-state index in [9.17, 15) is 4.79 Å². The van der Waals surface area contributed by atoms with E-state index in [1.807, 2.05) is 41.3 Å². The molecule has 1 atom stereocenters. The van der Waals surface area contributed by atoms with Crippen molar-refractivity contribution in [2.75, 3.05) is 13.1 Å². The lowest BCUT2D eigenvalue weighted by molar-refractivity contribution is 0.0672. The maximum atomic E-state index is 12.9. The van der Waals surface area contributed by atoms with Crippen LogP contribution >= 0.6 is 0 Å². The van der Waals surface area contributed by atoms with Crippen molar-refractivity contribution in [2.45, 2.75) is 19.3 Å². The Morgan fingerprint density at radius 2 is 2.21 bits per heavy atom. The molecule has 5 nitrogen and oxygen atoms in total. The number of aromatic amines is 1. The number of aromatic nitrogens is 3. The van der Waals surface area contributed by atoms with E-state index in [1.54, 1.807) is 12.4 Å². The highest BCUT2D eigenvalue weighted by atomic mass is 16.2. The molecular weight excluding hydrogens is 300 g/mol. The van der Waals surface area contributed by atoms with E-state index in [4.69, 9.17) is 0 Å². The van der Waals surface area contributed by atoms with Gasteiger partial charge in [0.25, 0.3) is 5.91 Å². The summed E-state index contributed by atoms with van der Waals surface area (Å²) in [5, 5.41) is 8.03. The molecule has 1 aliphatic heterocycles. The average molecular weight is 320 g/mol. The molecular formula is C19H20N4O. The molecule has 0 saturated carbocycles. The van der Waals surface area contributed by atoms with Crippen LogP contribution in [0.15, 0.2) is 48.8 Å². The molecule has 1 N–H and O–H groups in total. The van der Waals surface area contributed by atoms with Gasteiger partial charge >= 0.3 is 0 Å². The molecule has 0 bridgehead atoms. The van der Waals surface area contributed by atoms with Gasteiger partial charge in [0.2, 0.25) is 0 Å². The summed E-state index contributed by atoms with van der Waals surface area (Å²) in [5.41, 5.74) is 2.74. The molecule has 1 aliphatic rings. The third-order valence-electron chi connectivity index (χ3n) is 4.71. The quantitative estimate of drug-likeness (QED) is 0.807. The summed E-state index contributed by atoms with van der Waals surface area (Å²) in [6.07, 6.45) is 6.62. The molecule has 1 aromatic carbocycles. The standard InChI is InChI=1S/C19H20N4O/c24-19(16-11-15-5-1-2-6-18(15)20-12-16)23-9-3-4-14(13-23)10-17-7-8-21-22-17/h1-2,5-8,11-12,14H,3-4,9-10,13H2,(H,21,22)/t14-/m0/s1. The number of nitrogens with zero attached hydrogens (tertiary/aromatic N) is 3. The lowest BCUT2D eigenvalue weighted by Crippen LogP contribution is -2.40. The Labute approximate surface area is 140 Å². The van der Waals surface area contributed by atoms with Gasteiger partial charge in [-0.05, 0) is 43.4 Å². The van der Waals surface area contributed by atoms with Crippen molar-refractivity contribution in [2.24, 2.45) is 5.92 Å². The molecule has 4 rings (SSSR count). The number of fused-ring (bicyclic) bond motifs is 1. The first-order valence-corrected chi connectivity index (χ1v) is 8.42. The molecule has 1 fully saturated rings. The predicted molar refractivity (Wildman–Crippen MR) is 92.7 cm³/mol. The number of carbonyl (C=O) groups excluding carboxylic acids is 1. The Balaban J connectivity index is 1.50. The van der Waals surface area contributed by atoms with Crippen molar-refractivity contribution >= 4 is 16.8 Å². The zero-order valence-electron chi connectivity index (χ0n) is 13.5. The second-order valence-electron chi connectivity index (χ2n) is 6.46. The number of pyridine rings is 1.